The summed E-state index contributed by atoms with van der Waals surface area (Å²) in [7, 11) is 1.79. The third kappa shape index (κ3) is 4.02. The molecule has 4 heteroatoms. The summed E-state index contributed by atoms with van der Waals surface area (Å²) < 4.78 is 6.42. The van der Waals surface area contributed by atoms with Gasteiger partial charge in [-0.15, -0.1) is 0 Å². The monoisotopic (exact) mass is 326 g/mol. The second-order valence-electron chi connectivity index (χ2n) is 5.27. The lowest BCUT2D eigenvalue weighted by Gasteiger charge is -2.38. The normalized spacial score (nSPS) is 22.4. The van der Waals surface area contributed by atoms with E-state index in [1.165, 1.54) is 18.4 Å². The molecule has 1 heterocycles. The van der Waals surface area contributed by atoms with E-state index in [0.29, 0.717) is 18.5 Å². The van der Waals surface area contributed by atoms with Crippen LogP contribution in [0.15, 0.2) is 28.7 Å². The number of likely N-dealkylation sites (tertiary alicyclic amines) is 1. The minimum Gasteiger partial charge on any atom is -0.384 e. The molecule has 1 saturated heterocycles. The molecule has 0 spiro atoms. The zero-order valence-electron chi connectivity index (χ0n) is 11.5. The number of rotatable bonds is 5. The third-order valence-corrected chi connectivity index (χ3v) is 4.34. The molecule has 3 nitrogen and oxygen atoms in total. The average molecular weight is 327 g/mol. The Hall–Kier alpha value is -0.420. The first kappa shape index (κ1) is 15.0. The first-order valence-corrected chi connectivity index (χ1v) is 7.72. The van der Waals surface area contributed by atoms with Crippen LogP contribution in [0.4, 0.5) is 0 Å². The molecule has 2 N–H and O–H groups in total. The Morgan fingerprint density at radius 2 is 2.37 bits per heavy atom. The van der Waals surface area contributed by atoms with Gasteiger partial charge in [0.25, 0.3) is 0 Å². The van der Waals surface area contributed by atoms with Crippen molar-refractivity contribution < 1.29 is 4.74 Å². The lowest BCUT2D eigenvalue weighted by Crippen LogP contribution is -2.42. The molecular weight excluding hydrogens is 304 g/mol. The Kier molecular flexibility index (Phi) is 5.82. The number of nitrogens with zero attached hydrogens (tertiary/aromatic N) is 1. The van der Waals surface area contributed by atoms with E-state index in [2.05, 4.69) is 45.1 Å². The molecule has 2 atom stereocenters. The summed E-state index contributed by atoms with van der Waals surface area (Å²) in [5.74, 6) is 0.639. The Bertz CT molecular complexity index is 397. The third-order valence-electron chi connectivity index (χ3n) is 3.85. The second kappa shape index (κ2) is 7.39. The van der Waals surface area contributed by atoms with E-state index in [0.717, 1.165) is 24.2 Å². The smallest absolute Gasteiger partial charge is 0.0502 e. The predicted octanol–water partition coefficient (Wildman–Crippen LogP) is 2.81. The highest BCUT2D eigenvalue weighted by Crippen LogP contribution is 2.27. The summed E-state index contributed by atoms with van der Waals surface area (Å²) in [4.78, 5) is 2.51. The van der Waals surface area contributed by atoms with Crippen LogP contribution in [0, 0.1) is 5.92 Å². The number of hydrogen-bond acceptors (Lipinski definition) is 3. The molecule has 1 aromatic rings. The molecule has 0 radical (unpaired) electrons. The summed E-state index contributed by atoms with van der Waals surface area (Å²) in [6, 6.07) is 8.80. The molecule has 0 aromatic heterocycles. The highest BCUT2D eigenvalue weighted by Gasteiger charge is 2.26. The van der Waals surface area contributed by atoms with Gasteiger partial charge in [0, 0.05) is 30.7 Å². The minimum atomic E-state index is 0.317. The van der Waals surface area contributed by atoms with Crippen molar-refractivity contribution in [2.24, 2.45) is 11.7 Å². The SMILES string of the molecule is COCC1CCCN(C(CN)c2cccc(Br)c2)C1. The van der Waals surface area contributed by atoms with Crippen LogP contribution in [0.1, 0.15) is 24.4 Å². The van der Waals surface area contributed by atoms with Gasteiger partial charge in [0.05, 0.1) is 6.61 Å². The van der Waals surface area contributed by atoms with Crippen LogP contribution in [0.5, 0.6) is 0 Å². The van der Waals surface area contributed by atoms with Gasteiger partial charge in [-0.3, -0.25) is 4.90 Å². The molecule has 1 aromatic carbocycles. The van der Waals surface area contributed by atoms with E-state index < -0.39 is 0 Å². The molecule has 0 aliphatic carbocycles. The molecule has 1 fully saturated rings. The Balaban J connectivity index is 2.08. The van der Waals surface area contributed by atoms with Crippen LogP contribution in [0.3, 0.4) is 0 Å². The van der Waals surface area contributed by atoms with Crippen LogP contribution in [-0.2, 0) is 4.74 Å². The zero-order valence-corrected chi connectivity index (χ0v) is 13.1. The van der Waals surface area contributed by atoms with E-state index in [-0.39, 0.29) is 0 Å². The van der Waals surface area contributed by atoms with Gasteiger partial charge in [0.15, 0.2) is 0 Å². The van der Waals surface area contributed by atoms with Crippen LogP contribution >= 0.6 is 15.9 Å². The fourth-order valence-corrected chi connectivity index (χ4v) is 3.38. The molecule has 0 amide bonds. The number of nitrogens with two attached hydrogens (primary N) is 1. The van der Waals surface area contributed by atoms with E-state index in [1.54, 1.807) is 7.11 Å². The van der Waals surface area contributed by atoms with E-state index >= 15 is 0 Å². The summed E-state index contributed by atoms with van der Waals surface area (Å²) in [5, 5.41) is 0. The van der Waals surface area contributed by atoms with Gasteiger partial charge in [-0.2, -0.15) is 0 Å². The average Bonchev–Trinajstić information content (AvgIpc) is 2.41. The number of halogens is 1. The van der Waals surface area contributed by atoms with E-state index in [9.17, 15) is 0 Å². The van der Waals surface area contributed by atoms with Gasteiger partial charge in [0.2, 0.25) is 0 Å². The fourth-order valence-electron chi connectivity index (χ4n) is 2.96. The topological polar surface area (TPSA) is 38.5 Å². The first-order chi connectivity index (χ1) is 9.24. The van der Waals surface area contributed by atoms with Crippen molar-refractivity contribution in [1.82, 2.24) is 4.90 Å². The number of piperidine rings is 1. The van der Waals surface area contributed by atoms with Crippen LogP contribution in [-0.4, -0.2) is 38.3 Å². The largest absolute Gasteiger partial charge is 0.384 e. The van der Waals surface area contributed by atoms with Crippen molar-refractivity contribution in [3.8, 4) is 0 Å². The molecule has 2 unspecified atom stereocenters. The molecule has 0 bridgehead atoms. The van der Waals surface area contributed by atoms with Gasteiger partial charge in [-0.1, -0.05) is 28.1 Å². The first-order valence-electron chi connectivity index (χ1n) is 6.93. The molecule has 0 saturated carbocycles. The van der Waals surface area contributed by atoms with Crippen LogP contribution in [0.2, 0.25) is 0 Å². The standard InChI is InChI=1S/C15H23BrN2O/c1-19-11-12-4-3-7-18(10-12)15(9-17)13-5-2-6-14(16)8-13/h2,5-6,8,12,15H,3-4,7,9-11,17H2,1H3. The van der Waals surface area contributed by atoms with Crippen LogP contribution < -0.4 is 5.73 Å². The summed E-state index contributed by atoms with van der Waals surface area (Å²) in [5.41, 5.74) is 7.32. The Labute approximate surface area is 124 Å². The van der Waals surface area contributed by atoms with Gasteiger partial charge < -0.3 is 10.5 Å². The van der Waals surface area contributed by atoms with Gasteiger partial charge in [0.1, 0.15) is 0 Å². The number of hydrogen-bond donors (Lipinski definition) is 1. The van der Waals surface area contributed by atoms with Crippen molar-refractivity contribution in [2.75, 3.05) is 33.4 Å². The van der Waals surface area contributed by atoms with Crippen LogP contribution in [0.25, 0.3) is 0 Å². The highest BCUT2D eigenvalue weighted by atomic mass is 79.9. The van der Waals surface area contributed by atoms with Gasteiger partial charge in [-0.25, -0.2) is 0 Å². The molecule has 19 heavy (non-hydrogen) atoms. The van der Waals surface area contributed by atoms with E-state index in [4.69, 9.17) is 10.5 Å². The maximum Gasteiger partial charge on any atom is 0.0502 e. The fraction of sp³-hybridized carbons (Fsp3) is 0.600. The van der Waals surface area contributed by atoms with E-state index in [1.807, 2.05) is 0 Å². The van der Waals surface area contributed by atoms with Crippen molar-refractivity contribution in [1.29, 1.82) is 0 Å². The molecule has 2 rings (SSSR count). The summed E-state index contributed by atoms with van der Waals surface area (Å²) >= 11 is 3.54. The summed E-state index contributed by atoms with van der Waals surface area (Å²) in [6.07, 6.45) is 2.50. The maximum atomic E-state index is 6.02. The zero-order chi connectivity index (χ0) is 13.7. The Morgan fingerprint density at radius 3 is 3.05 bits per heavy atom. The Morgan fingerprint density at radius 1 is 1.53 bits per heavy atom. The number of benzene rings is 1. The van der Waals surface area contributed by atoms with Crippen molar-refractivity contribution in [3.05, 3.63) is 34.3 Å². The lowest BCUT2D eigenvalue weighted by molar-refractivity contribution is 0.0697. The quantitative estimate of drug-likeness (QED) is 0.904. The minimum absolute atomic E-state index is 0.317. The van der Waals surface area contributed by atoms with Crippen molar-refractivity contribution >= 4 is 15.9 Å². The van der Waals surface area contributed by atoms with Gasteiger partial charge in [-0.05, 0) is 43.0 Å². The summed E-state index contributed by atoms with van der Waals surface area (Å²) in [6.45, 7) is 3.74. The predicted molar refractivity (Wildman–Crippen MR) is 82.1 cm³/mol. The highest BCUT2D eigenvalue weighted by molar-refractivity contribution is 9.10. The van der Waals surface area contributed by atoms with Crippen molar-refractivity contribution in [3.63, 3.8) is 0 Å². The number of ether oxygens (including phenoxy) is 1. The molecule has 1 aliphatic rings. The second-order valence-corrected chi connectivity index (χ2v) is 6.18. The lowest BCUT2D eigenvalue weighted by atomic mass is 9.95. The molecule has 106 valence electrons. The maximum absolute atomic E-state index is 6.02. The van der Waals surface area contributed by atoms with Gasteiger partial charge >= 0.3 is 0 Å². The molecule has 1 aliphatic heterocycles. The number of methoxy groups -OCH3 is 1. The molecular formula is C15H23BrN2O. The van der Waals surface area contributed by atoms with Crippen molar-refractivity contribution in [2.45, 2.75) is 18.9 Å².